The van der Waals surface area contributed by atoms with Gasteiger partial charge in [-0.15, -0.1) is 0 Å². The number of aliphatic hydroxyl groups excluding tert-OH is 1. The van der Waals surface area contributed by atoms with E-state index in [1.165, 1.54) is 225 Å². The van der Waals surface area contributed by atoms with E-state index < -0.39 is 97.5 Å². The molecule has 6 atom stereocenters. The second-order valence-electron chi connectivity index (χ2n) is 28.8. The largest absolute Gasteiger partial charge is 0.472 e. The van der Waals surface area contributed by atoms with Crippen LogP contribution in [0.2, 0.25) is 0 Å². The van der Waals surface area contributed by atoms with Crippen LogP contribution in [0.4, 0.5) is 0 Å². The van der Waals surface area contributed by atoms with Gasteiger partial charge in [0.25, 0.3) is 0 Å². The fourth-order valence-corrected chi connectivity index (χ4v) is 13.6. The fourth-order valence-electron chi connectivity index (χ4n) is 12.0. The molecule has 0 heterocycles. The van der Waals surface area contributed by atoms with Gasteiger partial charge in [-0.3, -0.25) is 37.3 Å². The van der Waals surface area contributed by atoms with Gasteiger partial charge in [-0.05, 0) is 37.5 Å². The number of phosphoric ester groups is 2. The Hall–Kier alpha value is -1.94. The molecule has 0 spiro atoms. The van der Waals surface area contributed by atoms with Crippen molar-refractivity contribution in [3.63, 3.8) is 0 Å². The van der Waals surface area contributed by atoms with E-state index in [1.54, 1.807) is 0 Å². The Labute approximate surface area is 594 Å². The first-order chi connectivity index (χ1) is 46.9. The number of aliphatic hydroxyl groups is 1. The topological polar surface area (TPSA) is 237 Å². The first kappa shape index (κ1) is 95.1. The Morgan fingerprint density at radius 2 is 0.526 bits per heavy atom. The first-order valence-corrected chi connectivity index (χ1v) is 43.5. The molecule has 97 heavy (non-hydrogen) atoms. The van der Waals surface area contributed by atoms with Crippen molar-refractivity contribution in [1.82, 2.24) is 0 Å². The highest BCUT2D eigenvalue weighted by Crippen LogP contribution is 2.45. The number of ether oxygens (including phenoxy) is 4. The molecule has 17 nitrogen and oxygen atoms in total. The maximum absolute atomic E-state index is 13.1. The minimum atomic E-state index is -4.96. The summed E-state index contributed by atoms with van der Waals surface area (Å²) in [6, 6.07) is 0. The van der Waals surface area contributed by atoms with Crippen molar-refractivity contribution in [3.05, 3.63) is 0 Å². The fraction of sp³-hybridized carbons (Fsp3) is 0.949. The van der Waals surface area contributed by atoms with Gasteiger partial charge in [0.05, 0.1) is 26.4 Å². The third kappa shape index (κ3) is 70.9. The van der Waals surface area contributed by atoms with Crippen molar-refractivity contribution in [2.24, 2.45) is 11.8 Å². The number of carbonyl (C=O) groups is 4. The lowest BCUT2D eigenvalue weighted by Crippen LogP contribution is -2.30. The van der Waals surface area contributed by atoms with E-state index in [2.05, 4.69) is 41.5 Å². The zero-order valence-electron chi connectivity index (χ0n) is 63.4. The van der Waals surface area contributed by atoms with Gasteiger partial charge < -0.3 is 33.8 Å². The molecule has 3 unspecified atom stereocenters. The first-order valence-electron chi connectivity index (χ1n) is 40.5. The van der Waals surface area contributed by atoms with Crippen LogP contribution >= 0.6 is 15.6 Å². The maximum atomic E-state index is 13.1. The zero-order chi connectivity index (χ0) is 71.4. The molecule has 0 bridgehead atoms. The van der Waals surface area contributed by atoms with Gasteiger partial charge in [-0.1, -0.05) is 356 Å². The van der Waals surface area contributed by atoms with Crippen molar-refractivity contribution >= 4 is 39.5 Å². The molecular formula is C78H152O17P2. The third-order valence-electron chi connectivity index (χ3n) is 18.6. The number of hydrogen-bond donors (Lipinski definition) is 3. The lowest BCUT2D eigenvalue weighted by molar-refractivity contribution is -0.161. The van der Waals surface area contributed by atoms with Crippen molar-refractivity contribution in [2.75, 3.05) is 39.6 Å². The van der Waals surface area contributed by atoms with E-state index in [0.29, 0.717) is 25.7 Å². The summed E-state index contributed by atoms with van der Waals surface area (Å²) in [5.74, 6) is -0.582. The Kier molecular flexibility index (Phi) is 68.4. The van der Waals surface area contributed by atoms with Crippen molar-refractivity contribution in [2.45, 2.75) is 426 Å². The Morgan fingerprint density at radius 1 is 0.299 bits per heavy atom. The molecule has 0 aromatic rings. The lowest BCUT2D eigenvalue weighted by atomic mass is 9.99. The van der Waals surface area contributed by atoms with Crippen LogP contribution in [0.3, 0.4) is 0 Å². The van der Waals surface area contributed by atoms with E-state index in [0.717, 1.165) is 102 Å². The molecule has 0 saturated carbocycles. The molecule has 0 aromatic carbocycles. The van der Waals surface area contributed by atoms with Crippen LogP contribution in [0, 0.1) is 11.8 Å². The molecule has 0 aromatic heterocycles. The monoisotopic (exact) mass is 1420 g/mol. The van der Waals surface area contributed by atoms with Crippen LogP contribution in [-0.2, 0) is 65.4 Å². The molecule has 0 fully saturated rings. The predicted molar refractivity (Wildman–Crippen MR) is 395 cm³/mol. The summed E-state index contributed by atoms with van der Waals surface area (Å²) in [5, 5.41) is 10.6. The minimum Gasteiger partial charge on any atom is -0.462 e. The van der Waals surface area contributed by atoms with E-state index >= 15 is 0 Å². The number of carbonyl (C=O) groups excluding carboxylic acids is 4. The number of rotatable bonds is 77. The minimum absolute atomic E-state index is 0.106. The highest BCUT2D eigenvalue weighted by Gasteiger charge is 2.30. The molecule has 0 radical (unpaired) electrons. The summed E-state index contributed by atoms with van der Waals surface area (Å²) in [5.41, 5.74) is 0. The average Bonchev–Trinajstić information content (AvgIpc) is 1.13. The summed E-state index contributed by atoms with van der Waals surface area (Å²) in [7, 11) is -9.92. The van der Waals surface area contributed by atoms with Gasteiger partial charge in [-0.25, -0.2) is 9.13 Å². The summed E-state index contributed by atoms with van der Waals surface area (Å²) in [4.78, 5) is 72.9. The molecule has 576 valence electrons. The standard InChI is InChI=1S/C78H152O17P2/c1-7-10-12-14-16-18-20-22-24-26-28-30-35-42-48-54-60-75(80)88-66-73(94-77(82)62-56-50-44-36-31-29-27-25-23-21-19-17-15-13-11-8-2)68-92-96(84,85)90-64-72(79)65-91-97(86,87)93-69-74(67-89-76(81)61-55-49-43-39-38-40-46-52-58-70(4)5)95-78(83)63-57-51-45-37-33-32-34-41-47-53-59-71(6)9-3/h70-74,79H,7-69H2,1-6H3,(H,84,85)(H,86,87)/t71?,72-,73-,74-/m1/s1. The highest BCUT2D eigenvalue weighted by atomic mass is 31.2. The molecule has 0 rings (SSSR count). The van der Waals surface area contributed by atoms with Gasteiger partial charge in [-0.2, -0.15) is 0 Å². The van der Waals surface area contributed by atoms with E-state index in [9.17, 15) is 43.2 Å². The smallest absolute Gasteiger partial charge is 0.462 e. The second kappa shape index (κ2) is 69.8. The molecule has 3 N–H and O–H groups in total. The Balaban J connectivity index is 5.26. The van der Waals surface area contributed by atoms with Crippen LogP contribution < -0.4 is 0 Å². The maximum Gasteiger partial charge on any atom is 0.472 e. The normalized spacial score (nSPS) is 14.2. The Bertz CT molecular complexity index is 1870. The van der Waals surface area contributed by atoms with Gasteiger partial charge in [0.15, 0.2) is 12.2 Å². The zero-order valence-corrected chi connectivity index (χ0v) is 65.2. The second-order valence-corrected chi connectivity index (χ2v) is 31.7. The van der Waals surface area contributed by atoms with Crippen molar-refractivity contribution < 1.29 is 80.2 Å². The molecule has 0 amide bonds. The van der Waals surface area contributed by atoms with Crippen LogP contribution in [0.25, 0.3) is 0 Å². The van der Waals surface area contributed by atoms with Gasteiger partial charge in [0, 0.05) is 25.7 Å². The summed E-state index contributed by atoms with van der Waals surface area (Å²) >= 11 is 0. The van der Waals surface area contributed by atoms with Gasteiger partial charge in [0.1, 0.15) is 19.3 Å². The van der Waals surface area contributed by atoms with Crippen molar-refractivity contribution in [3.8, 4) is 0 Å². The molecular weight excluding hydrogens is 1270 g/mol. The van der Waals surface area contributed by atoms with E-state index in [1.807, 2.05) is 0 Å². The molecule has 0 aliphatic rings. The van der Waals surface area contributed by atoms with Crippen LogP contribution in [-0.4, -0.2) is 96.7 Å². The van der Waals surface area contributed by atoms with Gasteiger partial charge in [0.2, 0.25) is 0 Å². The van der Waals surface area contributed by atoms with Crippen LogP contribution in [0.5, 0.6) is 0 Å². The van der Waals surface area contributed by atoms with Crippen molar-refractivity contribution in [1.29, 1.82) is 0 Å². The molecule has 0 aliphatic carbocycles. The van der Waals surface area contributed by atoms with Crippen LogP contribution in [0.15, 0.2) is 0 Å². The Morgan fingerprint density at radius 3 is 0.784 bits per heavy atom. The average molecular weight is 1420 g/mol. The summed E-state index contributed by atoms with van der Waals surface area (Å²) < 4.78 is 68.6. The highest BCUT2D eigenvalue weighted by molar-refractivity contribution is 7.47. The van der Waals surface area contributed by atoms with Gasteiger partial charge >= 0.3 is 39.5 Å². The quantitative estimate of drug-likeness (QED) is 0.0222. The number of unbranched alkanes of at least 4 members (excludes halogenated alkanes) is 46. The molecule has 19 heteroatoms. The van der Waals surface area contributed by atoms with E-state index in [-0.39, 0.29) is 25.7 Å². The predicted octanol–water partition coefficient (Wildman–Crippen LogP) is 23.1. The number of hydrogen-bond acceptors (Lipinski definition) is 15. The summed E-state index contributed by atoms with van der Waals surface area (Å²) in [6.07, 6.45) is 58.1. The van der Waals surface area contributed by atoms with E-state index in [4.69, 9.17) is 37.0 Å². The molecule has 0 aliphatic heterocycles. The lowest BCUT2D eigenvalue weighted by Gasteiger charge is -2.21. The SMILES string of the molecule is CCCCCCCCCCCCCCCCCCC(=O)OC[C@H](COP(=O)(O)OC[C@@H](O)COP(=O)(O)OC[C@@H](COC(=O)CCCCCCCCCCC(C)C)OC(=O)CCCCCCCCCCCCC(C)CC)OC(=O)CCCCCCCCCCCCCCCCCC. The number of esters is 4. The van der Waals surface area contributed by atoms with Crippen LogP contribution in [0.1, 0.15) is 408 Å². The summed E-state index contributed by atoms with van der Waals surface area (Å²) in [6.45, 7) is 9.61. The third-order valence-corrected chi connectivity index (χ3v) is 20.5. The molecule has 0 saturated heterocycles. The number of phosphoric acid groups is 2.